The highest BCUT2D eigenvalue weighted by atomic mass is 16.5. The van der Waals surface area contributed by atoms with Crippen molar-refractivity contribution in [2.45, 2.75) is 20.4 Å². The maximum absolute atomic E-state index is 12.0. The lowest BCUT2D eigenvalue weighted by atomic mass is 10.1. The van der Waals surface area contributed by atoms with Crippen LogP contribution in [0.4, 0.5) is 5.69 Å². The van der Waals surface area contributed by atoms with Crippen LogP contribution in [0.5, 0.6) is 5.75 Å². The molecule has 23 heavy (non-hydrogen) atoms. The van der Waals surface area contributed by atoms with Crippen LogP contribution in [0.1, 0.15) is 16.7 Å². The summed E-state index contributed by atoms with van der Waals surface area (Å²) in [5.41, 5.74) is 3.40. The summed E-state index contributed by atoms with van der Waals surface area (Å²) in [6.45, 7) is 4.05. The fraction of sp³-hybridized carbons (Fsp3) is 0.222. The molecule has 2 N–H and O–H groups in total. The Morgan fingerprint density at radius 1 is 0.957 bits per heavy atom. The van der Waals surface area contributed by atoms with Gasteiger partial charge in [-0.25, -0.2) is 0 Å². The number of carbonyl (C=O) groups excluding carboxylic acids is 2. The molecule has 0 radical (unpaired) electrons. The Bertz CT molecular complexity index is 688. The van der Waals surface area contributed by atoms with E-state index in [4.69, 9.17) is 4.74 Å². The predicted molar refractivity (Wildman–Crippen MR) is 89.4 cm³/mol. The van der Waals surface area contributed by atoms with Crippen LogP contribution in [0.2, 0.25) is 0 Å². The Labute approximate surface area is 135 Å². The summed E-state index contributed by atoms with van der Waals surface area (Å²) in [7, 11) is 1.59. The number of carbonyl (C=O) groups is 2. The molecule has 0 saturated carbocycles. The number of rotatable bonds is 4. The fourth-order valence-corrected chi connectivity index (χ4v) is 2.19. The first kappa shape index (κ1) is 16.5. The first-order chi connectivity index (χ1) is 11.0. The number of methoxy groups -OCH3 is 1. The van der Waals surface area contributed by atoms with E-state index in [0.717, 1.165) is 22.4 Å². The van der Waals surface area contributed by atoms with Gasteiger partial charge in [-0.1, -0.05) is 30.3 Å². The van der Waals surface area contributed by atoms with Crippen molar-refractivity contribution in [2.75, 3.05) is 12.4 Å². The van der Waals surface area contributed by atoms with Crippen LogP contribution < -0.4 is 15.4 Å². The van der Waals surface area contributed by atoms with Gasteiger partial charge in [0, 0.05) is 12.2 Å². The molecule has 120 valence electrons. The molecule has 0 bridgehead atoms. The standard InChI is InChI=1S/C18H20N2O3/c1-12-5-4-6-13(2)16(12)20-18(22)17(21)19-11-14-7-9-15(23-3)10-8-14/h4-10H,11H2,1-3H3,(H,19,21)(H,20,22). The van der Waals surface area contributed by atoms with Gasteiger partial charge in [0.2, 0.25) is 0 Å². The van der Waals surface area contributed by atoms with Crippen molar-refractivity contribution in [1.29, 1.82) is 0 Å². The number of anilines is 1. The molecule has 2 aromatic carbocycles. The molecule has 0 saturated heterocycles. The predicted octanol–water partition coefficient (Wildman–Crippen LogP) is 2.57. The van der Waals surface area contributed by atoms with E-state index in [1.807, 2.05) is 44.2 Å². The molecule has 2 amide bonds. The minimum absolute atomic E-state index is 0.281. The maximum atomic E-state index is 12.0. The Balaban J connectivity index is 1.93. The molecular formula is C18H20N2O3. The Morgan fingerprint density at radius 3 is 2.13 bits per heavy atom. The van der Waals surface area contributed by atoms with E-state index in [-0.39, 0.29) is 6.54 Å². The van der Waals surface area contributed by atoms with Gasteiger partial charge in [0.1, 0.15) is 5.75 Å². The number of benzene rings is 2. The van der Waals surface area contributed by atoms with E-state index in [1.165, 1.54) is 0 Å². The van der Waals surface area contributed by atoms with E-state index >= 15 is 0 Å². The lowest BCUT2D eigenvalue weighted by Gasteiger charge is -2.11. The summed E-state index contributed by atoms with van der Waals surface area (Å²) in [6, 6.07) is 13.0. The molecular weight excluding hydrogens is 292 g/mol. The highest BCUT2D eigenvalue weighted by Crippen LogP contribution is 2.19. The summed E-state index contributed by atoms with van der Waals surface area (Å²) in [5, 5.41) is 5.27. The van der Waals surface area contributed by atoms with E-state index in [1.54, 1.807) is 19.2 Å². The van der Waals surface area contributed by atoms with Crippen LogP contribution in [0, 0.1) is 13.8 Å². The Morgan fingerprint density at radius 2 is 1.57 bits per heavy atom. The van der Waals surface area contributed by atoms with Crippen LogP contribution in [0.25, 0.3) is 0 Å². The molecule has 0 unspecified atom stereocenters. The molecule has 2 rings (SSSR count). The number of para-hydroxylation sites is 1. The van der Waals surface area contributed by atoms with Gasteiger partial charge in [0.05, 0.1) is 7.11 Å². The number of nitrogens with one attached hydrogen (secondary N) is 2. The van der Waals surface area contributed by atoms with E-state index in [0.29, 0.717) is 5.69 Å². The van der Waals surface area contributed by atoms with Gasteiger partial charge in [-0.15, -0.1) is 0 Å². The summed E-state index contributed by atoms with van der Waals surface area (Å²) < 4.78 is 5.07. The Hall–Kier alpha value is -2.82. The van der Waals surface area contributed by atoms with Crippen molar-refractivity contribution in [2.24, 2.45) is 0 Å². The first-order valence-electron chi connectivity index (χ1n) is 7.29. The highest BCUT2D eigenvalue weighted by Gasteiger charge is 2.15. The van der Waals surface area contributed by atoms with Crippen molar-refractivity contribution in [3.05, 3.63) is 59.2 Å². The van der Waals surface area contributed by atoms with Gasteiger partial charge in [0.25, 0.3) is 0 Å². The number of hydrogen-bond donors (Lipinski definition) is 2. The SMILES string of the molecule is COc1ccc(CNC(=O)C(=O)Nc2c(C)cccc2C)cc1. The molecule has 0 atom stereocenters. The number of amides is 2. The average molecular weight is 312 g/mol. The van der Waals surface area contributed by atoms with Crippen molar-refractivity contribution >= 4 is 17.5 Å². The zero-order valence-electron chi connectivity index (χ0n) is 13.5. The molecule has 0 heterocycles. The number of ether oxygens (including phenoxy) is 1. The quantitative estimate of drug-likeness (QED) is 0.853. The molecule has 5 heteroatoms. The minimum atomic E-state index is -0.670. The topological polar surface area (TPSA) is 67.4 Å². The zero-order chi connectivity index (χ0) is 16.8. The van der Waals surface area contributed by atoms with Crippen LogP contribution in [-0.4, -0.2) is 18.9 Å². The normalized spacial score (nSPS) is 10.0. The molecule has 5 nitrogen and oxygen atoms in total. The summed E-state index contributed by atoms with van der Waals surface area (Å²) in [6.07, 6.45) is 0. The monoisotopic (exact) mass is 312 g/mol. The van der Waals surface area contributed by atoms with Gasteiger partial charge in [-0.3, -0.25) is 9.59 Å². The highest BCUT2D eigenvalue weighted by molar-refractivity contribution is 6.39. The van der Waals surface area contributed by atoms with Crippen molar-refractivity contribution < 1.29 is 14.3 Å². The van der Waals surface area contributed by atoms with Crippen LogP contribution in [0.3, 0.4) is 0 Å². The van der Waals surface area contributed by atoms with E-state index < -0.39 is 11.8 Å². The smallest absolute Gasteiger partial charge is 0.313 e. The maximum Gasteiger partial charge on any atom is 0.313 e. The number of aryl methyl sites for hydroxylation is 2. The number of hydrogen-bond acceptors (Lipinski definition) is 3. The van der Waals surface area contributed by atoms with Gasteiger partial charge in [-0.05, 0) is 42.7 Å². The third-order valence-corrected chi connectivity index (χ3v) is 3.54. The first-order valence-corrected chi connectivity index (χ1v) is 7.29. The minimum Gasteiger partial charge on any atom is -0.497 e. The molecule has 0 aliphatic rings. The summed E-state index contributed by atoms with van der Waals surface area (Å²) in [4.78, 5) is 23.9. The van der Waals surface area contributed by atoms with Gasteiger partial charge in [-0.2, -0.15) is 0 Å². The van der Waals surface area contributed by atoms with E-state index in [9.17, 15) is 9.59 Å². The van der Waals surface area contributed by atoms with Crippen molar-refractivity contribution in [3.63, 3.8) is 0 Å². The van der Waals surface area contributed by atoms with Gasteiger partial charge < -0.3 is 15.4 Å². The molecule has 0 aliphatic carbocycles. The second-order valence-electron chi connectivity index (χ2n) is 5.25. The second-order valence-corrected chi connectivity index (χ2v) is 5.25. The second kappa shape index (κ2) is 7.45. The molecule has 2 aromatic rings. The molecule has 0 fully saturated rings. The average Bonchev–Trinajstić information content (AvgIpc) is 2.56. The zero-order valence-corrected chi connectivity index (χ0v) is 13.5. The third kappa shape index (κ3) is 4.32. The fourth-order valence-electron chi connectivity index (χ4n) is 2.19. The lowest BCUT2D eigenvalue weighted by Crippen LogP contribution is -2.35. The third-order valence-electron chi connectivity index (χ3n) is 3.54. The largest absolute Gasteiger partial charge is 0.497 e. The summed E-state index contributed by atoms with van der Waals surface area (Å²) >= 11 is 0. The van der Waals surface area contributed by atoms with Crippen molar-refractivity contribution in [1.82, 2.24) is 5.32 Å². The van der Waals surface area contributed by atoms with Crippen molar-refractivity contribution in [3.8, 4) is 5.75 Å². The Kier molecular flexibility index (Phi) is 5.36. The van der Waals surface area contributed by atoms with Crippen LogP contribution in [-0.2, 0) is 16.1 Å². The van der Waals surface area contributed by atoms with Crippen LogP contribution >= 0.6 is 0 Å². The van der Waals surface area contributed by atoms with Crippen LogP contribution in [0.15, 0.2) is 42.5 Å². The van der Waals surface area contributed by atoms with Gasteiger partial charge >= 0.3 is 11.8 Å². The molecule has 0 aromatic heterocycles. The molecule has 0 spiro atoms. The van der Waals surface area contributed by atoms with Gasteiger partial charge in [0.15, 0.2) is 0 Å². The molecule has 0 aliphatic heterocycles. The summed E-state index contributed by atoms with van der Waals surface area (Å²) in [5.74, 6) is -0.591. The lowest BCUT2D eigenvalue weighted by molar-refractivity contribution is -0.136. The van der Waals surface area contributed by atoms with E-state index in [2.05, 4.69) is 10.6 Å².